The summed E-state index contributed by atoms with van der Waals surface area (Å²) >= 11 is 1.89. The third kappa shape index (κ3) is 9.25. The fraction of sp³-hybridized carbons (Fsp3) is 1.00. The molecule has 0 aliphatic rings. The third-order valence-corrected chi connectivity index (χ3v) is 4.15. The molecule has 1 N–H and O–H groups in total. The van der Waals surface area contributed by atoms with Gasteiger partial charge in [0.05, 0.1) is 5.37 Å². The van der Waals surface area contributed by atoms with Crippen molar-refractivity contribution in [2.45, 2.75) is 65.2 Å². The molecule has 0 saturated heterocycles. The zero-order valence-electron chi connectivity index (χ0n) is 11.2. The van der Waals surface area contributed by atoms with Crippen LogP contribution in [0.5, 0.6) is 0 Å². The number of hydrogen-bond donors (Lipinski definition) is 1. The van der Waals surface area contributed by atoms with E-state index in [2.05, 4.69) is 39.3 Å². The molecular weight excluding hydrogens is 202 g/mol. The summed E-state index contributed by atoms with van der Waals surface area (Å²) in [5, 5.41) is 4.12. The van der Waals surface area contributed by atoms with Gasteiger partial charge in [0.25, 0.3) is 0 Å². The Morgan fingerprint density at radius 3 is 2.40 bits per heavy atom. The van der Waals surface area contributed by atoms with E-state index in [1.165, 1.54) is 38.6 Å². The number of nitrogens with one attached hydrogen (secondary N) is 1. The van der Waals surface area contributed by atoms with E-state index in [1.807, 2.05) is 11.8 Å². The van der Waals surface area contributed by atoms with Crippen LogP contribution in [0.25, 0.3) is 0 Å². The van der Waals surface area contributed by atoms with Crippen LogP contribution in [0.1, 0.15) is 59.8 Å². The predicted octanol–water partition coefficient (Wildman–Crippen LogP) is 4.28. The van der Waals surface area contributed by atoms with E-state index < -0.39 is 0 Å². The minimum absolute atomic E-state index is 0.556. The fourth-order valence-electron chi connectivity index (χ4n) is 1.47. The highest BCUT2D eigenvalue weighted by Gasteiger charge is 2.13. The highest BCUT2D eigenvalue weighted by Crippen LogP contribution is 2.26. The Morgan fingerprint density at radius 1 is 1.20 bits per heavy atom. The largest absolute Gasteiger partial charge is 0.306 e. The second kappa shape index (κ2) is 8.46. The minimum Gasteiger partial charge on any atom is -0.306 e. The molecule has 2 heteroatoms. The van der Waals surface area contributed by atoms with E-state index in [9.17, 15) is 0 Å². The Morgan fingerprint density at radius 2 is 1.87 bits per heavy atom. The highest BCUT2D eigenvalue weighted by molar-refractivity contribution is 7.99. The van der Waals surface area contributed by atoms with Crippen molar-refractivity contribution in [1.82, 2.24) is 5.32 Å². The second-order valence-electron chi connectivity index (χ2n) is 5.16. The van der Waals surface area contributed by atoms with Crippen molar-refractivity contribution >= 4 is 11.8 Å². The summed E-state index contributed by atoms with van der Waals surface area (Å²) in [6.07, 6.45) is 8.91. The highest BCUT2D eigenvalue weighted by atomic mass is 32.2. The van der Waals surface area contributed by atoms with Crippen molar-refractivity contribution < 1.29 is 0 Å². The molecule has 0 bridgehead atoms. The maximum atomic E-state index is 3.51. The predicted molar refractivity (Wildman–Crippen MR) is 73.5 cm³/mol. The molecule has 0 heterocycles. The van der Waals surface area contributed by atoms with Crippen LogP contribution in [0, 0.1) is 5.41 Å². The van der Waals surface area contributed by atoms with Crippen molar-refractivity contribution in [2.75, 3.05) is 12.8 Å². The van der Waals surface area contributed by atoms with E-state index in [0.717, 1.165) is 0 Å². The minimum atomic E-state index is 0.556. The van der Waals surface area contributed by atoms with Crippen molar-refractivity contribution in [2.24, 2.45) is 5.41 Å². The van der Waals surface area contributed by atoms with Crippen LogP contribution >= 0.6 is 11.8 Å². The number of rotatable bonds is 9. The Kier molecular flexibility index (Phi) is 8.64. The van der Waals surface area contributed by atoms with Gasteiger partial charge in [-0.2, -0.15) is 0 Å². The van der Waals surface area contributed by atoms with Gasteiger partial charge in [-0.3, -0.25) is 0 Å². The molecule has 0 saturated carbocycles. The lowest BCUT2D eigenvalue weighted by Gasteiger charge is -2.22. The first kappa shape index (κ1) is 15.3. The number of unbranched alkanes of at least 4 members (excludes halogenated alkanes) is 2. The van der Waals surface area contributed by atoms with Crippen LogP contribution in [0.3, 0.4) is 0 Å². The molecule has 0 fully saturated rings. The van der Waals surface area contributed by atoms with Gasteiger partial charge in [-0.25, -0.2) is 0 Å². The van der Waals surface area contributed by atoms with E-state index in [1.54, 1.807) is 0 Å². The van der Waals surface area contributed by atoms with E-state index in [4.69, 9.17) is 0 Å². The van der Waals surface area contributed by atoms with Crippen molar-refractivity contribution in [3.8, 4) is 0 Å². The zero-order valence-corrected chi connectivity index (χ0v) is 12.0. The molecule has 0 aromatic carbocycles. The van der Waals surface area contributed by atoms with Gasteiger partial charge >= 0.3 is 0 Å². The standard InChI is InChI=1S/C13H29NS/c1-6-13(3,4)10-8-7-9-11-14-12(2)15-5/h12,14H,6-11H2,1-5H3. The van der Waals surface area contributed by atoms with Gasteiger partial charge in [0.15, 0.2) is 0 Å². The van der Waals surface area contributed by atoms with Crippen LogP contribution in [0.15, 0.2) is 0 Å². The summed E-state index contributed by atoms with van der Waals surface area (Å²) < 4.78 is 0. The molecular formula is C13H29NS. The normalized spacial score (nSPS) is 14.2. The molecule has 1 unspecified atom stereocenters. The number of hydrogen-bond acceptors (Lipinski definition) is 2. The average molecular weight is 231 g/mol. The zero-order chi connectivity index (χ0) is 11.7. The quantitative estimate of drug-likeness (QED) is 0.469. The molecule has 92 valence electrons. The summed E-state index contributed by atoms with van der Waals surface area (Å²) in [5.74, 6) is 0. The first-order valence-corrected chi connectivity index (χ1v) is 7.57. The van der Waals surface area contributed by atoms with Crippen LogP contribution in [0.2, 0.25) is 0 Å². The third-order valence-electron chi connectivity index (χ3n) is 3.27. The molecule has 0 aromatic heterocycles. The van der Waals surface area contributed by atoms with Crippen LogP contribution in [-0.2, 0) is 0 Å². The molecule has 0 aromatic rings. The molecule has 0 rings (SSSR count). The van der Waals surface area contributed by atoms with Crippen LogP contribution < -0.4 is 5.32 Å². The Balaban J connectivity index is 3.25. The first-order valence-electron chi connectivity index (χ1n) is 6.28. The molecule has 0 amide bonds. The molecule has 15 heavy (non-hydrogen) atoms. The molecule has 1 nitrogen and oxygen atoms in total. The summed E-state index contributed by atoms with van der Waals surface area (Å²) in [6.45, 7) is 10.4. The van der Waals surface area contributed by atoms with Gasteiger partial charge in [-0.05, 0) is 38.0 Å². The lowest BCUT2D eigenvalue weighted by molar-refractivity contribution is 0.307. The lowest BCUT2D eigenvalue weighted by atomic mass is 9.84. The summed E-state index contributed by atoms with van der Waals surface area (Å²) in [4.78, 5) is 0. The van der Waals surface area contributed by atoms with Gasteiger partial charge in [0.2, 0.25) is 0 Å². The maximum Gasteiger partial charge on any atom is 0.0500 e. The van der Waals surface area contributed by atoms with Crippen molar-refractivity contribution in [3.05, 3.63) is 0 Å². The van der Waals surface area contributed by atoms with Crippen molar-refractivity contribution in [3.63, 3.8) is 0 Å². The molecule has 1 atom stereocenters. The first-order chi connectivity index (χ1) is 7.02. The van der Waals surface area contributed by atoms with Gasteiger partial charge in [-0.1, -0.05) is 40.0 Å². The summed E-state index contributed by atoms with van der Waals surface area (Å²) in [5.41, 5.74) is 0.556. The second-order valence-corrected chi connectivity index (χ2v) is 6.34. The molecule has 0 aliphatic heterocycles. The smallest absolute Gasteiger partial charge is 0.0500 e. The van der Waals surface area contributed by atoms with E-state index >= 15 is 0 Å². The Bertz CT molecular complexity index is 145. The van der Waals surface area contributed by atoms with Crippen LogP contribution in [0.4, 0.5) is 0 Å². The molecule has 0 aliphatic carbocycles. The molecule has 0 spiro atoms. The van der Waals surface area contributed by atoms with E-state index in [-0.39, 0.29) is 0 Å². The summed E-state index contributed by atoms with van der Waals surface area (Å²) in [6, 6.07) is 0. The SMILES string of the molecule is CCC(C)(C)CCCCCNC(C)SC. The van der Waals surface area contributed by atoms with Gasteiger partial charge in [0, 0.05) is 0 Å². The average Bonchev–Trinajstić information content (AvgIpc) is 2.22. The van der Waals surface area contributed by atoms with E-state index in [0.29, 0.717) is 10.8 Å². The van der Waals surface area contributed by atoms with Crippen molar-refractivity contribution in [1.29, 1.82) is 0 Å². The Labute approximate surface area is 101 Å². The monoisotopic (exact) mass is 231 g/mol. The topological polar surface area (TPSA) is 12.0 Å². The van der Waals surface area contributed by atoms with Crippen LogP contribution in [-0.4, -0.2) is 18.2 Å². The number of thioether (sulfide) groups is 1. The van der Waals surface area contributed by atoms with Gasteiger partial charge in [-0.15, -0.1) is 11.8 Å². The molecule has 0 radical (unpaired) electrons. The maximum absolute atomic E-state index is 3.51. The Hall–Kier alpha value is 0.310. The van der Waals surface area contributed by atoms with Gasteiger partial charge < -0.3 is 5.32 Å². The summed E-state index contributed by atoms with van der Waals surface area (Å²) in [7, 11) is 0. The van der Waals surface area contributed by atoms with Gasteiger partial charge in [0.1, 0.15) is 0 Å². The fourth-order valence-corrected chi connectivity index (χ4v) is 1.76. The lowest BCUT2D eigenvalue weighted by Crippen LogP contribution is -2.23.